The number of esters is 2. The van der Waals surface area contributed by atoms with Crippen LogP contribution in [0.25, 0.3) is 0 Å². The van der Waals surface area contributed by atoms with Crippen molar-refractivity contribution in [2.75, 3.05) is 13.2 Å². The molecule has 0 bridgehead atoms. The minimum atomic E-state index is -0.436. The van der Waals surface area contributed by atoms with Gasteiger partial charge in [-0.25, -0.2) is 9.59 Å². The summed E-state index contributed by atoms with van der Waals surface area (Å²) in [7, 11) is 0. The smallest absolute Gasteiger partial charge is 0.338 e. The van der Waals surface area contributed by atoms with Crippen LogP contribution in [-0.4, -0.2) is 25.2 Å². The Labute approximate surface area is 135 Å². The molecule has 1 aromatic carbocycles. The number of benzene rings is 1. The van der Waals surface area contributed by atoms with E-state index < -0.39 is 11.9 Å². The molecule has 0 N–H and O–H groups in total. The Balaban J connectivity index is 3.32. The normalized spacial score (nSPS) is 10.2. The summed E-state index contributed by atoms with van der Waals surface area (Å²) in [6, 6.07) is 3.35. The van der Waals surface area contributed by atoms with Crippen molar-refractivity contribution in [3.63, 3.8) is 0 Å². The van der Waals surface area contributed by atoms with Crippen molar-refractivity contribution in [3.05, 3.63) is 34.4 Å². The zero-order valence-corrected chi connectivity index (χ0v) is 14.5. The van der Waals surface area contributed by atoms with Crippen LogP contribution in [0.4, 0.5) is 0 Å². The summed E-state index contributed by atoms with van der Waals surface area (Å²) in [4.78, 5) is 23.9. The van der Waals surface area contributed by atoms with Crippen LogP contribution in [0, 0.1) is 0 Å². The second kappa shape index (κ2) is 8.42. The zero-order chi connectivity index (χ0) is 15.1. The number of hydrogen-bond acceptors (Lipinski definition) is 4. The molecule has 20 heavy (non-hydrogen) atoms. The van der Waals surface area contributed by atoms with Gasteiger partial charge >= 0.3 is 11.9 Å². The molecule has 4 nitrogen and oxygen atoms in total. The Bertz CT molecular complexity index is 459. The average molecular weight is 408 g/mol. The van der Waals surface area contributed by atoms with E-state index in [-0.39, 0.29) is 13.2 Å². The molecule has 0 aliphatic heterocycles. The molecular weight excluding hydrogens is 392 g/mol. The Hall–Kier alpha value is -0.880. The first-order valence-electron chi connectivity index (χ1n) is 6.20. The Morgan fingerprint density at radius 2 is 1.30 bits per heavy atom. The van der Waals surface area contributed by atoms with Crippen LogP contribution < -0.4 is 0 Å². The van der Waals surface area contributed by atoms with E-state index in [4.69, 9.17) is 9.47 Å². The van der Waals surface area contributed by atoms with Crippen LogP contribution >= 0.6 is 31.9 Å². The van der Waals surface area contributed by atoms with Crippen molar-refractivity contribution in [1.82, 2.24) is 0 Å². The molecule has 0 radical (unpaired) electrons. The van der Waals surface area contributed by atoms with Crippen LogP contribution in [0.2, 0.25) is 0 Å². The van der Waals surface area contributed by atoms with Crippen molar-refractivity contribution in [3.8, 4) is 0 Å². The molecular formula is C14H16Br2O4. The van der Waals surface area contributed by atoms with Gasteiger partial charge in [0.05, 0.1) is 24.3 Å². The van der Waals surface area contributed by atoms with Crippen molar-refractivity contribution in [1.29, 1.82) is 0 Å². The molecule has 0 aromatic heterocycles. The first kappa shape index (κ1) is 17.2. The number of rotatable bonds is 6. The predicted octanol–water partition coefficient (Wildman–Crippen LogP) is 3.83. The molecule has 6 heteroatoms. The van der Waals surface area contributed by atoms with E-state index in [0.717, 1.165) is 11.1 Å². The van der Waals surface area contributed by atoms with Crippen molar-refractivity contribution < 1.29 is 19.1 Å². The minimum absolute atomic E-state index is 0.287. The molecule has 0 atom stereocenters. The maximum absolute atomic E-state index is 11.9. The minimum Gasteiger partial charge on any atom is -0.462 e. The standard InChI is InChI=1S/C14H16Br2O4/c1-3-19-13(17)11-6-12(14(18)20-4-2)10(8-16)5-9(11)7-15/h5-6H,3-4,7-8H2,1-2H3. The summed E-state index contributed by atoms with van der Waals surface area (Å²) in [6.07, 6.45) is 0. The maximum atomic E-state index is 11.9. The van der Waals surface area contributed by atoms with Crippen molar-refractivity contribution in [2.45, 2.75) is 24.5 Å². The molecule has 0 unspecified atom stereocenters. The second-order valence-electron chi connectivity index (χ2n) is 3.87. The number of carbonyl (C=O) groups is 2. The summed E-state index contributed by atoms with van der Waals surface area (Å²) >= 11 is 6.69. The van der Waals surface area contributed by atoms with Gasteiger partial charge in [-0.3, -0.25) is 0 Å². The van der Waals surface area contributed by atoms with Gasteiger partial charge in [-0.2, -0.15) is 0 Å². The lowest BCUT2D eigenvalue weighted by Crippen LogP contribution is -2.13. The van der Waals surface area contributed by atoms with Crippen LogP contribution in [0.1, 0.15) is 45.7 Å². The Kier molecular flexibility index (Phi) is 7.23. The molecule has 0 aliphatic rings. The van der Waals surface area contributed by atoms with E-state index in [2.05, 4.69) is 31.9 Å². The lowest BCUT2D eigenvalue weighted by atomic mass is 10.00. The van der Waals surface area contributed by atoms with E-state index in [1.54, 1.807) is 19.9 Å². The van der Waals surface area contributed by atoms with Gasteiger partial charge in [0, 0.05) is 10.7 Å². The summed E-state index contributed by atoms with van der Waals surface area (Å²) in [5.74, 6) is -0.873. The molecule has 110 valence electrons. The number of halogens is 2. The van der Waals surface area contributed by atoms with Gasteiger partial charge in [-0.15, -0.1) is 0 Å². The lowest BCUT2D eigenvalue weighted by Gasteiger charge is -2.13. The first-order chi connectivity index (χ1) is 9.58. The van der Waals surface area contributed by atoms with Gasteiger partial charge in [0.1, 0.15) is 0 Å². The molecule has 0 amide bonds. The molecule has 0 fully saturated rings. The van der Waals surface area contributed by atoms with Gasteiger partial charge in [0.15, 0.2) is 0 Å². The highest BCUT2D eigenvalue weighted by atomic mass is 79.9. The summed E-state index contributed by atoms with van der Waals surface area (Å²) < 4.78 is 10.0. The summed E-state index contributed by atoms with van der Waals surface area (Å²) in [6.45, 7) is 4.06. The molecule has 1 aromatic rings. The van der Waals surface area contributed by atoms with E-state index in [1.807, 2.05) is 6.07 Å². The van der Waals surface area contributed by atoms with E-state index in [1.165, 1.54) is 0 Å². The highest BCUT2D eigenvalue weighted by Gasteiger charge is 2.20. The third kappa shape index (κ3) is 4.06. The van der Waals surface area contributed by atoms with E-state index in [0.29, 0.717) is 21.8 Å². The van der Waals surface area contributed by atoms with Crippen LogP contribution in [0.5, 0.6) is 0 Å². The number of hydrogen-bond donors (Lipinski definition) is 0. The molecule has 0 spiro atoms. The maximum Gasteiger partial charge on any atom is 0.338 e. The first-order valence-corrected chi connectivity index (χ1v) is 8.45. The molecule has 0 saturated heterocycles. The fourth-order valence-corrected chi connectivity index (χ4v) is 2.64. The van der Waals surface area contributed by atoms with E-state index >= 15 is 0 Å². The number of carbonyl (C=O) groups excluding carboxylic acids is 2. The molecule has 1 rings (SSSR count). The SMILES string of the molecule is CCOC(=O)c1cc(C(=O)OCC)c(CBr)cc1CBr. The van der Waals surface area contributed by atoms with Crippen molar-refractivity contribution in [2.24, 2.45) is 0 Å². The summed E-state index contributed by atoms with van der Waals surface area (Å²) in [5.41, 5.74) is 2.34. The lowest BCUT2D eigenvalue weighted by molar-refractivity contribution is 0.0524. The Morgan fingerprint density at radius 3 is 1.60 bits per heavy atom. The average Bonchev–Trinajstić information content (AvgIpc) is 2.46. The van der Waals surface area contributed by atoms with Crippen LogP contribution in [0.15, 0.2) is 12.1 Å². The van der Waals surface area contributed by atoms with Crippen LogP contribution in [-0.2, 0) is 20.1 Å². The second-order valence-corrected chi connectivity index (χ2v) is 5.00. The Morgan fingerprint density at radius 1 is 0.900 bits per heavy atom. The van der Waals surface area contributed by atoms with E-state index in [9.17, 15) is 9.59 Å². The quantitative estimate of drug-likeness (QED) is 0.531. The highest BCUT2D eigenvalue weighted by molar-refractivity contribution is 9.08. The fraction of sp³-hybridized carbons (Fsp3) is 0.429. The number of alkyl halides is 2. The number of ether oxygens (including phenoxy) is 2. The van der Waals surface area contributed by atoms with Gasteiger partial charge in [0.2, 0.25) is 0 Å². The fourth-order valence-electron chi connectivity index (χ4n) is 1.71. The molecule has 0 saturated carbocycles. The topological polar surface area (TPSA) is 52.6 Å². The van der Waals surface area contributed by atoms with Gasteiger partial charge < -0.3 is 9.47 Å². The van der Waals surface area contributed by atoms with Gasteiger partial charge in [-0.05, 0) is 31.0 Å². The summed E-state index contributed by atoms with van der Waals surface area (Å²) in [5, 5.41) is 1.01. The molecule has 0 aliphatic carbocycles. The zero-order valence-electron chi connectivity index (χ0n) is 11.4. The predicted molar refractivity (Wildman–Crippen MR) is 83.6 cm³/mol. The molecule has 0 heterocycles. The van der Waals surface area contributed by atoms with Gasteiger partial charge in [0.25, 0.3) is 0 Å². The van der Waals surface area contributed by atoms with Gasteiger partial charge in [-0.1, -0.05) is 37.9 Å². The monoisotopic (exact) mass is 406 g/mol. The van der Waals surface area contributed by atoms with Crippen LogP contribution in [0.3, 0.4) is 0 Å². The third-order valence-corrected chi connectivity index (χ3v) is 3.82. The van der Waals surface area contributed by atoms with Crippen molar-refractivity contribution >= 4 is 43.8 Å². The highest BCUT2D eigenvalue weighted by Crippen LogP contribution is 2.23. The largest absolute Gasteiger partial charge is 0.462 e. The third-order valence-electron chi connectivity index (χ3n) is 2.61.